The molecule has 2 heterocycles. The summed E-state index contributed by atoms with van der Waals surface area (Å²) in [7, 11) is 3.33. The van der Waals surface area contributed by atoms with Crippen molar-refractivity contribution in [3.8, 4) is 28.7 Å². The third-order valence-electron chi connectivity index (χ3n) is 5.95. The average molecular weight is 419 g/mol. The Hall–Kier alpha value is -3.54. The van der Waals surface area contributed by atoms with Gasteiger partial charge in [0, 0.05) is 34.7 Å². The molecule has 0 aliphatic carbocycles. The average Bonchev–Trinajstić information content (AvgIpc) is 3.26. The van der Waals surface area contributed by atoms with Crippen molar-refractivity contribution in [3.05, 3.63) is 71.8 Å². The van der Waals surface area contributed by atoms with Crippen molar-refractivity contribution >= 4 is 5.69 Å². The van der Waals surface area contributed by atoms with Crippen LogP contribution in [0.15, 0.2) is 60.7 Å². The molecule has 5 rings (SSSR count). The minimum Gasteiger partial charge on any atom is -0.493 e. The monoisotopic (exact) mass is 419 g/mol. The third kappa shape index (κ3) is 3.38. The zero-order valence-corrected chi connectivity index (χ0v) is 17.8. The van der Waals surface area contributed by atoms with Crippen molar-refractivity contribution in [1.29, 1.82) is 0 Å². The van der Waals surface area contributed by atoms with E-state index in [4.69, 9.17) is 23.7 Å². The number of ether oxygens (including phenoxy) is 5. The fraction of sp³-hybridized carbons (Fsp3) is 0.280. The summed E-state index contributed by atoms with van der Waals surface area (Å²) in [6.07, 6.45) is -0.254. The van der Waals surface area contributed by atoms with Gasteiger partial charge in [-0.25, -0.2) is 0 Å². The van der Waals surface area contributed by atoms with Gasteiger partial charge in [0.1, 0.15) is 5.75 Å². The van der Waals surface area contributed by atoms with Crippen LogP contribution in [0.2, 0.25) is 0 Å². The molecule has 0 saturated carbocycles. The Morgan fingerprint density at radius 1 is 0.839 bits per heavy atom. The van der Waals surface area contributed by atoms with Gasteiger partial charge in [-0.05, 0) is 24.3 Å². The number of rotatable bonds is 5. The highest BCUT2D eigenvalue weighted by Crippen LogP contribution is 2.51. The highest BCUT2D eigenvalue weighted by atomic mass is 16.7. The molecule has 0 spiro atoms. The molecule has 6 nitrogen and oxygen atoms in total. The Kier molecular flexibility index (Phi) is 4.98. The summed E-state index contributed by atoms with van der Waals surface area (Å²) in [4.78, 5) is 0. The van der Waals surface area contributed by atoms with E-state index >= 15 is 0 Å². The summed E-state index contributed by atoms with van der Waals surface area (Å²) < 4.78 is 29.1. The van der Waals surface area contributed by atoms with Crippen molar-refractivity contribution in [2.75, 3.05) is 26.3 Å². The first-order chi connectivity index (χ1) is 15.2. The summed E-state index contributed by atoms with van der Waals surface area (Å²) in [6, 6.07) is 20.0. The first-order valence-electron chi connectivity index (χ1n) is 10.3. The van der Waals surface area contributed by atoms with Gasteiger partial charge in [0.05, 0.1) is 14.2 Å². The quantitative estimate of drug-likeness (QED) is 0.626. The van der Waals surface area contributed by atoms with Crippen molar-refractivity contribution in [1.82, 2.24) is 0 Å². The van der Waals surface area contributed by atoms with Gasteiger partial charge in [0.2, 0.25) is 6.79 Å². The summed E-state index contributed by atoms with van der Waals surface area (Å²) >= 11 is 0. The predicted molar refractivity (Wildman–Crippen MR) is 118 cm³/mol. The number of para-hydroxylation sites is 2. The van der Waals surface area contributed by atoms with Crippen molar-refractivity contribution in [2.45, 2.75) is 19.1 Å². The molecule has 0 amide bonds. The second kappa shape index (κ2) is 7.95. The fourth-order valence-electron chi connectivity index (χ4n) is 4.45. The number of hydrogen-bond donors (Lipinski definition) is 1. The topological polar surface area (TPSA) is 58.2 Å². The summed E-state index contributed by atoms with van der Waals surface area (Å²) in [5.74, 6) is 3.70. The number of benzene rings is 3. The number of hydrogen-bond acceptors (Lipinski definition) is 6. The van der Waals surface area contributed by atoms with E-state index in [9.17, 15) is 0 Å². The standard InChI is InChI=1S/C25H25NO5/c1-15-23(17-10-7-11-19(27-2)24(17)28-3)18-12-21-22(30-14-29-21)13-20(18)31-25(15)26-16-8-5-4-6-9-16/h4-13,15,23,25-26H,14H2,1-3H3/t15-,23-,25+/m1/s1. The summed E-state index contributed by atoms with van der Waals surface area (Å²) in [6.45, 7) is 2.39. The van der Waals surface area contributed by atoms with Crippen LogP contribution < -0.4 is 29.0 Å². The van der Waals surface area contributed by atoms with Gasteiger partial charge in [-0.15, -0.1) is 0 Å². The van der Waals surface area contributed by atoms with E-state index in [-0.39, 0.29) is 24.9 Å². The van der Waals surface area contributed by atoms with Gasteiger partial charge in [-0.1, -0.05) is 37.3 Å². The maximum absolute atomic E-state index is 6.44. The Bertz CT molecular complexity index is 1080. The normalized spacial score (nSPS) is 21.1. The zero-order valence-electron chi connectivity index (χ0n) is 17.8. The van der Waals surface area contributed by atoms with E-state index in [0.29, 0.717) is 11.5 Å². The van der Waals surface area contributed by atoms with E-state index in [2.05, 4.69) is 18.3 Å². The molecule has 3 atom stereocenters. The van der Waals surface area contributed by atoms with Crippen LogP contribution in [0.25, 0.3) is 0 Å². The SMILES string of the molecule is COc1cccc([C@@H]2c3cc4c(cc3O[C@H](Nc3ccccc3)[C@@H]2C)OCO4)c1OC. The van der Waals surface area contributed by atoms with E-state index < -0.39 is 0 Å². The maximum atomic E-state index is 6.44. The summed E-state index contributed by atoms with van der Waals surface area (Å²) in [5.41, 5.74) is 3.08. The van der Waals surface area contributed by atoms with E-state index in [1.165, 1.54) is 0 Å². The van der Waals surface area contributed by atoms with Crippen LogP contribution in [-0.2, 0) is 0 Å². The molecule has 160 valence electrons. The Balaban J connectivity index is 1.63. The molecule has 1 N–H and O–H groups in total. The maximum Gasteiger partial charge on any atom is 0.231 e. The molecular formula is C25H25NO5. The van der Waals surface area contributed by atoms with Gasteiger partial charge in [-0.2, -0.15) is 0 Å². The number of fused-ring (bicyclic) bond motifs is 2. The lowest BCUT2D eigenvalue weighted by Gasteiger charge is -2.39. The van der Waals surface area contributed by atoms with Crippen molar-refractivity contribution < 1.29 is 23.7 Å². The van der Waals surface area contributed by atoms with Crippen LogP contribution in [0.5, 0.6) is 28.7 Å². The Morgan fingerprint density at radius 3 is 2.35 bits per heavy atom. The molecule has 2 aliphatic heterocycles. The lowest BCUT2D eigenvalue weighted by Crippen LogP contribution is -2.40. The molecule has 3 aromatic rings. The molecular weight excluding hydrogens is 394 g/mol. The second-order valence-corrected chi connectivity index (χ2v) is 7.71. The smallest absolute Gasteiger partial charge is 0.231 e. The molecule has 31 heavy (non-hydrogen) atoms. The lowest BCUT2D eigenvalue weighted by molar-refractivity contribution is 0.133. The minimum absolute atomic E-state index is 0.00971. The molecule has 0 bridgehead atoms. The summed E-state index contributed by atoms with van der Waals surface area (Å²) in [5, 5.41) is 3.54. The van der Waals surface area contributed by atoms with Gasteiger partial charge in [0.15, 0.2) is 29.2 Å². The Morgan fingerprint density at radius 2 is 1.61 bits per heavy atom. The van der Waals surface area contributed by atoms with Gasteiger partial charge >= 0.3 is 0 Å². The third-order valence-corrected chi connectivity index (χ3v) is 5.95. The molecule has 0 aromatic heterocycles. The number of anilines is 1. The van der Waals surface area contributed by atoms with Gasteiger partial charge in [0.25, 0.3) is 0 Å². The van der Waals surface area contributed by atoms with Crippen LogP contribution in [0.1, 0.15) is 24.0 Å². The second-order valence-electron chi connectivity index (χ2n) is 7.71. The lowest BCUT2D eigenvalue weighted by atomic mass is 9.78. The van der Waals surface area contributed by atoms with E-state index in [1.54, 1.807) is 14.2 Å². The van der Waals surface area contributed by atoms with Crippen molar-refractivity contribution in [3.63, 3.8) is 0 Å². The zero-order chi connectivity index (χ0) is 21.4. The fourth-order valence-corrected chi connectivity index (χ4v) is 4.45. The van der Waals surface area contributed by atoms with Crippen LogP contribution in [0, 0.1) is 5.92 Å². The molecule has 0 saturated heterocycles. The van der Waals surface area contributed by atoms with Crippen LogP contribution in [0.3, 0.4) is 0 Å². The highest BCUT2D eigenvalue weighted by molar-refractivity contribution is 5.60. The molecule has 0 radical (unpaired) electrons. The molecule has 0 fully saturated rings. The van der Waals surface area contributed by atoms with Crippen LogP contribution in [-0.4, -0.2) is 27.2 Å². The predicted octanol–water partition coefficient (Wildman–Crippen LogP) is 5.03. The van der Waals surface area contributed by atoms with E-state index in [1.807, 2.05) is 54.6 Å². The van der Waals surface area contributed by atoms with Crippen LogP contribution >= 0.6 is 0 Å². The van der Waals surface area contributed by atoms with Gasteiger partial charge < -0.3 is 29.0 Å². The number of methoxy groups -OCH3 is 2. The Labute approximate surface area is 181 Å². The highest BCUT2D eigenvalue weighted by Gasteiger charge is 2.40. The van der Waals surface area contributed by atoms with Crippen LogP contribution in [0.4, 0.5) is 5.69 Å². The first-order valence-corrected chi connectivity index (χ1v) is 10.3. The molecule has 6 heteroatoms. The van der Waals surface area contributed by atoms with E-state index in [0.717, 1.165) is 34.1 Å². The molecule has 0 unspecified atom stereocenters. The van der Waals surface area contributed by atoms with Crippen molar-refractivity contribution in [2.24, 2.45) is 5.92 Å². The first kappa shape index (κ1) is 19.4. The van der Waals surface area contributed by atoms with Gasteiger partial charge in [-0.3, -0.25) is 0 Å². The number of nitrogens with one attached hydrogen (secondary N) is 1. The largest absolute Gasteiger partial charge is 0.493 e. The molecule has 3 aromatic carbocycles. The minimum atomic E-state index is -0.254. The molecule has 2 aliphatic rings.